The fraction of sp³-hybridized carbons (Fsp3) is 0.450. The average Bonchev–Trinajstić information content (AvgIpc) is 3.04. The molecule has 25 heavy (non-hydrogen) atoms. The van der Waals surface area contributed by atoms with Gasteiger partial charge in [-0.3, -0.25) is 4.79 Å². The highest BCUT2D eigenvalue weighted by atomic mass is 16.5. The topological polar surface area (TPSA) is 60.7 Å². The minimum Gasteiger partial charge on any atom is -0.493 e. The van der Waals surface area contributed by atoms with Crippen molar-refractivity contribution in [2.24, 2.45) is 0 Å². The van der Waals surface area contributed by atoms with E-state index in [0.717, 1.165) is 36.1 Å². The van der Waals surface area contributed by atoms with Crippen LogP contribution in [0.25, 0.3) is 0 Å². The smallest absolute Gasteiger partial charge is 0.287 e. The van der Waals surface area contributed by atoms with Gasteiger partial charge in [-0.05, 0) is 44.0 Å². The van der Waals surface area contributed by atoms with E-state index in [4.69, 9.17) is 13.9 Å². The Morgan fingerprint density at radius 3 is 2.68 bits per heavy atom. The van der Waals surface area contributed by atoms with Crippen molar-refractivity contribution in [1.82, 2.24) is 5.32 Å². The van der Waals surface area contributed by atoms with Gasteiger partial charge in [0, 0.05) is 5.56 Å². The fourth-order valence-corrected chi connectivity index (χ4v) is 2.56. The highest BCUT2D eigenvalue weighted by Crippen LogP contribution is 2.30. The van der Waals surface area contributed by atoms with Crippen molar-refractivity contribution in [2.45, 2.75) is 46.1 Å². The van der Waals surface area contributed by atoms with Crippen LogP contribution in [0, 0.1) is 6.92 Å². The molecule has 0 aliphatic carbocycles. The van der Waals surface area contributed by atoms with Crippen LogP contribution in [0.1, 0.15) is 60.8 Å². The summed E-state index contributed by atoms with van der Waals surface area (Å²) in [7, 11) is 1.62. The van der Waals surface area contributed by atoms with Gasteiger partial charge in [0.25, 0.3) is 5.91 Å². The van der Waals surface area contributed by atoms with Crippen LogP contribution in [0.3, 0.4) is 0 Å². The molecule has 0 bridgehead atoms. The molecule has 0 aliphatic heterocycles. The molecular formula is C20H27NO4. The molecule has 1 aromatic carbocycles. The monoisotopic (exact) mass is 345 g/mol. The van der Waals surface area contributed by atoms with Gasteiger partial charge in [-0.1, -0.05) is 25.8 Å². The zero-order valence-corrected chi connectivity index (χ0v) is 15.4. The zero-order chi connectivity index (χ0) is 18.2. The van der Waals surface area contributed by atoms with E-state index < -0.39 is 0 Å². The summed E-state index contributed by atoms with van der Waals surface area (Å²) >= 11 is 0. The predicted octanol–water partition coefficient (Wildman–Crippen LogP) is 4.66. The average molecular weight is 345 g/mol. The van der Waals surface area contributed by atoms with E-state index >= 15 is 0 Å². The molecule has 1 aromatic heterocycles. The van der Waals surface area contributed by atoms with Crippen LogP contribution in [0.15, 0.2) is 34.9 Å². The van der Waals surface area contributed by atoms with Crippen molar-refractivity contribution >= 4 is 5.91 Å². The van der Waals surface area contributed by atoms with Crippen LogP contribution in [0.5, 0.6) is 11.5 Å². The van der Waals surface area contributed by atoms with Crippen LogP contribution in [0.4, 0.5) is 0 Å². The third-order valence-corrected chi connectivity index (χ3v) is 4.11. The van der Waals surface area contributed by atoms with Gasteiger partial charge in [0.1, 0.15) is 0 Å². The lowest BCUT2D eigenvalue weighted by molar-refractivity contribution is 0.0911. The fourth-order valence-electron chi connectivity index (χ4n) is 2.56. The number of amides is 1. The molecule has 2 rings (SSSR count). The quantitative estimate of drug-likeness (QED) is 0.672. The molecule has 0 unspecified atom stereocenters. The van der Waals surface area contributed by atoms with E-state index in [1.165, 1.54) is 6.26 Å². The summed E-state index contributed by atoms with van der Waals surface area (Å²) in [5, 5.41) is 2.94. The number of unbranched alkanes of at least 4 members (excludes halogenated alkanes) is 2. The summed E-state index contributed by atoms with van der Waals surface area (Å²) in [6.45, 7) is 6.60. The Labute approximate surface area is 149 Å². The number of nitrogens with one attached hydrogen (secondary N) is 1. The standard InChI is InChI=1S/C20H27NO4/c1-5-6-7-11-24-17-9-8-16(13-18(17)23-4)15(3)21-20(22)19-14(2)10-12-25-19/h8-10,12-13,15H,5-7,11H2,1-4H3,(H,21,22)/t15-/m0/s1. The van der Waals surface area contributed by atoms with E-state index in [1.807, 2.05) is 32.0 Å². The highest BCUT2D eigenvalue weighted by molar-refractivity contribution is 5.93. The first-order valence-corrected chi connectivity index (χ1v) is 8.72. The summed E-state index contributed by atoms with van der Waals surface area (Å²) in [5.74, 6) is 1.51. The van der Waals surface area contributed by atoms with Crippen LogP contribution < -0.4 is 14.8 Å². The van der Waals surface area contributed by atoms with Gasteiger partial charge in [-0.15, -0.1) is 0 Å². The number of rotatable bonds is 9. The van der Waals surface area contributed by atoms with E-state index in [0.29, 0.717) is 18.1 Å². The molecule has 136 valence electrons. The minimum atomic E-state index is -0.228. The Kier molecular flexibility index (Phi) is 6.92. The van der Waals surface area contributed by atoms with Gasteiger partial charge in [-0.25, -0.2) is 0 Å². The lowest BCUT2D eigenvalue weighted by atomic mass is 10.1. The number of ether oxygens (including phenoxy) is 2. The molecule has 5 nitrogen and oxygen atoms in total. The van der Waals surface area contributed by atoms with Gasteiger partial charge in [0.2, 0.25) is 0 Å². The van der Waals surface area contributed by atoms with Crippen LogP contribution in [-0.2, 0) is 0 Å². The van der Waals surface area contributed by atoms with Crippen LogP contribution >= 0.6 is 0 Å². The third-order valence-electron chi connectivity index (χ3n) is 4.11. The Hall–Kier alpha value is -2.43. The third kappa shape index (κ3) is 5.02. The molecule has 2 aromatic rings. The van der Waals surface area contributed by atoms with E-state index in [1.54, 1.807) is 13.2 Å². The van der Waals surface area contributed by atoms with Crippen LogP contribution in [0.2, 0.25) is 0 Å². The van der Waals surface area contributed by atoms with Crippen molar-refractivity contribution in [3.8, 4) is 11.5 Å². The van der Waals surface area contributed by atoms with Gasteiger partial charge >= 0.3 is 0 Å². The van der Waals surface area contributed by atoms with E-state index in [9.17, 15) is 4.79 Å². The van der Waals surface area contributed by atoms with Crippen molar-refractivity contribution in [2.75, 3.05) is 13.7 Å². The summed E-state index contributed by atoms with van der Waals surface area (Å²) in [4.78, 5) is 12.3. The zero-order valence-electron chi connectivity index (χ0n) is 15.4. The van der Waals surface area contributed by atoms with E-state index in [-0.39, 0.29) is 11.9 Å². The molecule has 1 heterocycles. The molecule has 0 saturated carbocycles. The van der Waals surface area contributed by atoms with Crippen molar-refractivity contribution in [1.29, 1.82) is 0 Å². The molecule has 0 aliphatic rings. The molecule has 1 N–H and O–H groups in total. The summed E-state index contributed by atoms with van der Waals surface area (Å²) in [6.07, 6.45) is 4.85. The summed E-state index contributed by atoms with van der Waals surface area (Å²) in [5.41, 5.74) is 1.76. The molecule has 0 fully saturated rings. The predicted molar refractivity (Wildman–Crippen MR) is 97.3 cm³/mol. The highest BCUT2D eigenvalue weighted by Gasteiger charge is 2.17. The summed E-state index contributed by atoms with van der Waals surface area (Å²) in [6, 6.07) is 7.32. The number of benzene rings is 1. The second-order valence-corrected chi connectivity index (χ2v) is 6.09. The largest absolute Gasteiger partial charge is 0.493 e. The van der Waals surface area contributed by atoms with Gasteiger partial charge in [0.05, 0.1) is 26.0 Å². The number of carbonyl (C=O) groups is 1. The van der Waals surface area contributed by atoms with Gasteiger partial charge in [0.15, 0.2) is 17.3 Å². The number of furan rings is 1. The second kappa shape index (κ2) is 9.16. The lowest BCUT2D eigenvalue weighted by Gasteiger charge is -2.17. The molecule has 5 heteroatoms. The maximum atomic E-state index is 12.3. The lowest BCUT2D eigenvalue weighted by Crippen LogP contribution is -2.26. The number of carbonyl (C=O) groups excluding carboxylic acids is 1. The maximum Gasteiger partial charge on any atom is 0.287 e. The minimum absolute atomic E-state index is 0.181. The number of aryl methyl sites for hydroxylation is 1. The summed E-state index contributed by atoms with van der Waals surface area (Å²) < 4.78 is 16.5. The van der Waals surface area contributed by atoms with Crippen molar-refractivity contribution in [3.63, 3.8) is 0 Å². The number of hydrogen-bond acceptors (Lipinski definition) is 4. The van der Waals surface area contributed by atoms with Crippen molar-refractivity contribution < 1.29 is 18.7 Å². The first-order chi connectivity index (χ1) is 12.1. The van der Waals surface area contributed by atoms with Gasteiger partial charge < -0.3 is 19.2 Å². The second-order valence-electron chi connectivity index (χ2n) is 6.09. The van der Waals surface area contributed by atoms with Gasteiger partial charge in [-0.2, -0.15) is 0 Å². The molecule has 0 radical (unpaired) electrons. The molecule has 1 amide bonds. The van der Waals surface area contributed by atoms with E-state index in [2.05, 4.69) is 12.2 Å². The first kappa shape index (κ1) is 18.9. The Morgan fingerprint density at radius 1 is 1.24 bits per heavy atom. The molecule has 1 atom stereocenters. The number of hydrogen-bond donors (Lipinski definition) is 1. The molecule has 0 spiro atoms. The molecular weight excluding hydrogens is 318 g/mol. The Morgan fingerprint density at radius 2 is 2.04 bits per heavy atom. The SMILES string of the molecule is CCCCCOc1ccc([C@H](C)NC(=O)c2occc2C)cc1OC. The Bertz CT molecular complexity index is 693. The van der Waals surface area contributed by atoms with Crippen LogP contribution in [-0.4, -0.2) is 19.6 Å². The first-order valence-electron chi connectivity index (χ1n) is 8.72. The van der Waals surface area contributed by atoms with Crippen molar-refractivity contribution in [3.05, 3.63) is 47.4 Å². The molecule has 0 saturated heterocycles. The Balaban J connectivity index is 2.03. The normalized spacial score (nSPS) is 11.8. The maximum absolute atomic E-state index is 12.3. The number of methoxy groups -OCH3 is 1.